The zero-order valence-electron chi connectivity index (χ0n) is 16.8. The average molecular weight is 413 g/mol. The van der Waals surface area contributed by atoms with Gasteiger partial charge in [0.1, 0.15) is 5.75 Å². The summed E-state index contributed by atoms with van der Waals surface area (Å²) in [4.78, 5) is 23.8. The van der Waals surface area contributed by atoms with E-state index in [1.165, 1.54) is 29.8 Å². The molecule has 0 bridgehead atoms. The number of nitro benzene ring substituents is 1. The molecular formula is C24H19N3O4. The highest BCUT2D eigenvalue weighted by Gasteiger charge is 2.43. The molecule has 0 saturated carbocycles. The molecule has 3 aromatic rings. The number of para-hydroxylation sites is 1. The van der Waals surface area contributed by atoms with Crippen LogP contribution in [0.2, 0.25) is 0 Å². The molecule has 0 N–H and O–H groups in total. The number of hydrogen-bond donors (Lipinski definition) is 0. The van der Waals surface area contributed by atoms with Gasteiger partial charge in [0, 0.05) is 29.7 Å². The summed E-state index contributed by atoms with van der Waals surface area (Å²) >= 11 is 0. The third-order valence-corrected chi connectivity index (χ3v) is 5.67. The summed E-state index contributed by atoms with van der Waals surface area (Å²) in [7, 11) is 0. The van der Waals surface area contributed by atoms with Crippen LogP contribution in [-0.2, 0) is 0 Å². The van der Waals surface area contributed by atoms with Crippen LogP contribution in [-0.4, -0.2) is 27.7 Å². The first-order valence-electron chi connectivity index (χ1n) is 9.98. The Kier molecular flexibility index (Phi) is 4.51. The first-order valence-corrected chi connectivity index (χ1v) is 9.98. The van der Waals surface area contributed by atoms with Crippen molar-refractivity contribution in [3.05, 3.63) is 105 Å². The molecule has 0 spiro atoms. The van der Waals surface area contributed by atoms with Gasteiger partial charge in [0.15, 0.2) is 0 Å². The predicted molar refractivity (Wildman–Crippen MR) is 115 cm³/mol. The minimum atomic E-state index is -0.940. The molecule has 2 atom stereocenters. The van der Waals surface area contributed by atoms with Crippen LogP contribution in [0.25, 0.3) is 0 Å². The molecule has 3 aromatic carbocycles. The van der Waals surface area contributed by atoms with Gasteiger partial charge < -0.3 is 4.74 Å². The minimum Gasteiger partial charge on any atom is -0.461 e. The van der Waals surface area contributed by atoms with Gasteiger partial charge in [-0.1, -0.05) is 48.0 Å². The SMILES string of the molecule is Cc1ccc(C2=NN3[C@@H](C(=O)c4ccc([N+](=O)[O-])cc4)Oc4ccccc4[C@@H]3C2)cc1. The van der Waals surface area contributed by atoms with Gasteiger partial charge in [-0.15, -0.1) is 0 Å². The maximum Gasteiger partial charge on any atom is 0.269 e. The highest BCUT2D eigenvalue weighted by Crippen LogP contribution is 2.43. The van der Waals surface area contributed by atoms with Crippen LogP contribution in [0.4, 0.5) is 5.69 Å². The van der Waals surface area contributed by atoms with Gasteiger partial charge >= 0.3 is 0 Å². The molecule has 154 valence electrons. The fourth-order valence-electron chi connectivity index (χ4n) is 4.02. The van der Waals surface area contributed by atoms with Crippen LogP contribution in [0.3, 0.4) is 0 Å². The number of aryl methyl sites for hydroxylation is 1. The number of ether oxygens (including phenoxy) is 1. The van der Waals surface area contributed by atoms with Gasteiger partial charge in [-0.25, -0.2) is 5.01 Å². The quantitative estimate of drug-likeness (QED) is 0.353. The zero-order chi connectivity index (χ0) is 21.5. The fraction of sp³-hybridized carbons (Fsp3) is 0.167. The number of ketones is 1. The summed E-state index contributed by atoms with van der Waals surface area (Å²) in [5.41, 5.74) is 4.34. The third-order valence-electron chi connectivity index (χ3n) is 5.67. The molecule has 0 amide bonds. The molecule has 2 heterocycles. The summed E-state index contributed by atoms with van der Waals surface area (Å²) in [6, 6.07) is 21.3. The number of fused-ring (bicyclic) bond motifs is 3. The van der Waals surface area contributed by atoms with E-state index < -0.39 is 11.2 Å². The number of hydrogen-bond acceptors (Lipinski definition) is 6. The lowest BCUT2D eigenvalue weighted by molar-refractivity contribution is -0.384. The third kappa shape index (κ3) is 3.34. The lowest BCUT2D eigenvalue weighted by Gasteiger charge is -2.37. The van der Waals surface area contributed by atoms with Gasteiger partial charge in [-0.05, 0) is 30.7 Å². The molecule has 0 fully saturated rings. The highest BCUT2D eigenvalue weighted by molar-refractivity contribution is 6.03. The number of carbonyl (C=O) groups excluding carboxylic acids is 1. The summed E-state index contributed by atoms with van der Waals surface area (Å²) in [6.45, 7) is 2.03. The fourth-order valence-corrected chi connectivity index (χ4v) is 4.02. The summed E-state index contributed by atoms with van der Waals surface area (Å²) in [5, 5.41) is 17.4. The Labute approximate surface area is 178 Å². The molecule has 2 aliphatic rings. The van der Waals surface area contributed by atoms with Crippen molar-refractivity contribution in [2.24, 2.45) is 5.10 Å². The molecule has 2 aliphatic heterocycles. The standard InChI is InChI=1S/C24H19N3O4/c1-15-6-8-16(9-7-15)20-14-21-19-4-2-3-5-22(19)31-24(26(21)25-20)23(28)17-10-12-18(13-11-17)27(29)30/h2-13,21,24H,14H2,1H3/t21-,24+/m0/s1. The van der Waals surface area contributed by atoms with Crippen molar-refractivity contribution in [2.75, 3.05) is 0 Å². The smallest absolute Gasteiger partial charge is 0.269 e. The Hall–Kier alpha value is -4.00. The zero-order valence-corrected chi connectivity index (χ0v) is 16.8. The van der Waals surface area contributed by atoms with E-state index in [4.69, 9.17) is 9.84 Å². The molecule has 5 rings (SSSR count). The monoisotopic (exact) mass is 413 g/mol. The first kappa shape index (κ1) is 19.0. The molecule has 0 radical (unpaired) electrons. The molecular weight excluding hydrogens is 394 g/mol. The van der Waals surface area contributed by atoms with Crippen LogP contribution < -0.4 is 4.74 Å². The van der Waals surface area contributed by atoms with Gasteiger partial charge in [0.05, 0.1) is 16.7 Å². The Morgan fingerprint density at radius 2 is 1.77 bits per heavy atom. The number of non-ortho nitro benzene ring substituents is 1. The van der Waals surface area contributed by atoms with Crippen molar-refractivity contribution in [1.29, 1.82) is 0 Å². The average Bonchev–Trinajstić information content (AvgIpc) is 3.24. The minimum absolute atomic E-state index is 0.0646. The van der Waals surface area contributed by atoms with E-state index in [0.29, 0.717) is 17.7 Å². The van der Waals surface area contributed by atoms with E-state index in [1.807, 2.05) is 55.5 Å². The lowest BCUT2D eigenvalue weighted by atomic mass is 9.95. The van der Waals surface area contributed by atoms with Crippen molar-refractivity contribution >= 4 is 17.2 Å². The van der Waals surface area contributed by atoms with E-state index in [9.17, 15) is 14.9 Å². The van der Waals surface area contributed by atoms with E-state index in [1.54, 1.807) is 5.01 Å². The first-order chi connectivity index (χ1) is 15.0. The summed E-state index contributed by atoms with van der Waals surface area (Å²) < 4.78 is 6.08. The van der Waals surface area contributed by atoms with Gasteiger partial charge in [0.2, 0.25) is 5.78 Å². The summed E-state index contributed by atoms with van der Waals surface area (Å²) in [5.74, 6) is 0.368. The van der Waals surface area contributed by atoms with Crippen molar-refractivity contribution in [1.82, 2.24) is 5.01 Å². The van der Waals surface area contributed by atoms with E-state index >= 15 is 0 Å². The number of nitrogens with zero attached hydrogens (tertiary/aromatic N) is 3. The largest absolute Gasteiger partial charge is 0.461 e. The van der Waals surface area contributed by atoms with Crippen LogP contribution in [0.5, 0.6) is 5.75 Å². The van der Waals surface area contributed by atoms with Gasteiger partial charge in [0.25, 0.3) is 11.9 Å². The number of hydrazone groups is 1. The Morgan fingerprint density at radius 3 is 2.48 bits per heavy atom. The van der Waals surface area contributed by atoms with Crippen LogP contribution in [0.1, 0.15) is 39.5 Å². The molecule has 7 nitrogen and oxygen atoms in total. The van der Waals surface area contributed by atoms with E-state index in [2.05, 4.69) is 0 Å². The topological polar surface area (TPSA) is 85.0 Å². The van der Waals surface area contributed by atoms with E-state index in [-0.39, 0.29) is 17.5 Å². The second-order valence-corrected chi connectivity index (χ2v) is 7.69. The predicted octanol–water partition coefficient (Wildman–Crippen LogP) is 4.66. The maximum absolute atomic E-state index is 13.3. The Balaban J connectivity index is 1.52. The molecule has 0 aromatic heterocycles. The number of Topliss-reactive ketones (excluding diaryl/α,β-unsaturated/α-hetero) is 1. The van der Waals surface area contributed by atoms with Crippen LogP contribution >= 0.6 is 0 Å². The van der Waals surface area contributed by atoms with E-state index in [0.717, 1.165) is 16.8 Å². The Morgan fingerprint density at radius 1 is 1.06 bits per heavy atom. The highest BCUT2D eigenvalue weighted by atomic mass is 16.6. The molecule has 7 heteroatoms. The number of benzene rings is 3. The number of nitro groups is 1. The van der Waals surface area contributed by atoms with Crippen molar-refractivity contribution in [2.45, 2.75) is 25.6 Å². The molecule has 0 aliphatic carbocycles. The summed E-state index contributed by atoms with van der Waals surface area (Å²) in [6.07, 6.45) is -0.280. The van der Waals surface area contributed by atoms with Crippen molar-refractivity contribution in [3.8, 4) is 5.75 Å². The molecule has 0 unspecified atom stereocenters. The normalized spacial score (nSPS) is 19.1. The van der Waals surface area contributed by atoms with Gasteiger partial charge in [-0.2, -0.15) is 5.10 Å². The van der Waals surface area contributed by atoms with Crippen molar-refractivity contribution < 1.29 is 14.5 Å². The maximum atomic E-state index is 13.3. The number of rotatable bonds is 4. The molecule has 31 heavy (non-hydrogen) atoms. The van der Waals surface area contributed by atoms with Crippen molar-refractivity contribution in [3.63, 3.8) is 0 Å². The number of carbonyl (C=O) groups is 1. The van der Waals surface area contributed by atoms with Crippen LogP contribution in [0.15, 0.2) is 77.9 Å². The van der Waals surface area contributed by atoms with Crippen LogP contribution in [0, 0.1) is 17.0 Å². The second-order valence-electron chi connectivity index (χ2n) is 7.69. The lowest BCUT2D eigenvalue weighted by Crippen LogP contribution is -2.45. The van der Waals surface area contributed by atoms with Gasteiger partial charge in [-0.3, -0.25) is 14.9 Å². The Bertz CT molecular complexity index is 1200. The second kappa shape index (κ2) is 7.36. The molecule has 0 saturated heterocycles.